The van der Waals surface area contributed by atoms with Gasteiger partial charge in [-0.3, -0.25) is 4.79 Å². The second-order valence-corrected chi connectivity index (χ2v) is 5.90. The number of carbonyl (C=O) groups is 2. The van der Waals surface area contributed by atoms with Crippen LogP contribution < -0.4 is 20.7 Å². The van der Waals surface area contributed by atoms with Crippen molar-refractivity contribution in [2.75, 3.05) is 25.5 Å². The van der Waals surface area contributed by atoms with Gasteiger partial charge in [0.15, 0.2) is 0 Å². The molecule has 2 aromatic rings. The molecule has 28 heavy (non-hydrogen) atoms. The molecule has 0 radical (unpaired) electrons. The Morgan fingerprint density at radius 1 is 1.04 bits per heavy atom. The van der Waals surface area contributed by atoms with Gasteiger partial charge in [0.05, 0.1) is 12.7 Å². The van der Waals surface area contributed by atoms with Crippen LogP contribution in [0, 0.1) is 6.92 Å². The number of methoxy groups -OCH3 is 1. The van der Waals surface area contributed by atoms with E-state index in [1.54, 1.807) is 24.3 Å². The van der Waals surface area contributed by atoms with Gasteiger partial charge < -0.3 is 20.7 Å². The molecule has 0 atom stereocenters. The highest BCUT2D eigenvalue weighted by Crippen LogP contribution is 2.33. The fourth-order valence-electron chi connectivity index (χ4n) is 2.40. The predicted molar refractivity (Wildman–Crippen MR) is 98.5 cm³/mol. The summed E-state index contributed by atoms with van der Waals surface area (Å²) in [5.74, 6) is 0.205. The Labute approximate surface area is 160 Å². The van der Waals surface area contributed by atoms with Gasteiger partial charge in [-0.1, -0.05) is 12.1 Å². The first-order chi connectivity index (χ1) is 13.2. The number of ether oxygens (including phenoxy) is 1. The summed E-state index contributed by atoms with van der Waals surface area (Å²) >= 11 is 0. The Hall–Kier alpha value is -3.23. The highest BCUT2D eigenvalue weighted by atomic mass is 19.4. The van der Waals surface area contributed by atoms with Gasteiger partial charge in [0.2, 0.25) is 0 Å². The molecule has 0 aliphatic carbocycles. The maximum absolute atomic E-state index is 12.9. The van der Waals surface area contributed by atoms with Crippen molar-refractivity contribution >= 4 is 17.6 Å². The molecular formula is C19H20F3N3O3. The van der Waals surface area contributed by atoms with E-state index in [9.17, 15) is 22.8 Å². The van der Waals surface area contributed by atoms with Crippen LogP contribution in [0.3, 0.4) is 0 Å². The van der Waals surface area contributed by atoms with Crippen molar-refractivity contribution in [1.29, 1.82) is 0 Å². The lowest BCUT2D eigenvalue weighted by atomic mass is 10.1. The summed E-state index contributed by atoms with van der Waals surface area (Å²) in [4.78, 5) is 23.8. The van der Waals surface area contributed by atoms with Gasteiger partial charge in [0.1, 0.15) is 5.75 Å². The first-order valence-corrected chi connectivity index (χ1v) is 8.35. The summed E-state index contributed by atoms with van der Waals surface area (Å²) < 4.78 is 43.7. The van der Waals surface area contributed by atoms with Crippen LogP contribution in [0.25, 0.3) is 0 Å². The summed E-state index contributed by atoms with van der Waals surface area (Å²) in [7, 11) is 1.49. The van der Waals surface area contributed by atoms with Crippen molar-refractivity contribution in [3.05, 3.63) is 59.2 Å². The van der Waals surface area contributed by atoms with Crippen LogP contribution in [0.15, 0.2) is 42.5 Å². The van der Waals surface area contributed by atoms with Crippen molar-refractivity contribution in [3.63, 3.8) is 0 Å². The van der Waals surface area contributed by atoms with Crippen molar-refractivity contribution < 1.29 is 27.5 Å². The molecule has 9 heteroatoms. The highest BCUT2D eigenvalue weighted by molar-refractivity contribution is 5.94. The van der Waals surface area contributed by atoms with Crippen molar-refractivity contribution in [2.24, 2.45) is 0 Å². The van der Waals surface area contributed by atoms with Crippen molar-refractivity contribution in [3.8, 4) is 5.75 Å². The molecule has 150 valence electrons. The number of rotatable bonds is 6. The van der Waals surface area contributed by atoms with E-state index in [4.69, 9.17) is 4.74 Å². The highest BCUT2D eigenvalue weighted by Gasteiger charge is 2.32. The lowest BCUT2D eigenvalue weighted by molar-refractivity contribution is -0.138. The van der Waals surface area contributed by atoms with E-state index in [1.807, 2.05) is 0 Å². The number of hydrogen-bond donors (Lipinski definition) is 3. The van der Waals surface area contributed by atoms with E-state index in [-0.39, 0.29) is 30.2 Å². The fraction of sp³-hybridized carbons (Fsp3) is 0.263. The van der Waals surface area contributed by atoms with Crippen molar-refractivity contribution in [2.45, 2.75) is 13.1 Å². The topological polar surface area (TPSA) is 79.5 Å². The molecule has 2 rings (SSSR count). The molecule has 0 unspecified atom stereocenters. The molecule has 6 nitrogen and oxygen atoms in total. The van der Waals surface area contributed by atoms with Crippen molar-refractivity contribution in [1.82, 2.24) is 10.6 Å². The smallest absolute Gasteiger partial charge is 0.416 e. The zero-order chi connectivity index (χ0) is 20.7. The zero-order valence-electron chi connectivity index (χ0n) is 15.3. The quantitative estimate of drug-likeness (QED) is 0.655. The molecular weight excluding hydrogens is 375 g/mol. The maximum Gasteiger partial charge on any atom is 0.416 e. The third-order valence-electron chi connectivity index (χ3n) is 3.83. The minimum Gasteiger partial charge on any atom is -0.497 e. The molecule has 0 fully saturated rings. The van der Waals surface area contributed by atoms with Crippen LogP contribution in [0.2, 0.25) is 0 Å². The lowest BCUT2D eigenvalue weighted by Crippen LogP contribution is -2.36. The average Bonchev–Trinajstić information content (AvgIpc) is 2.65. The largest absolute Gasteiger partial charge is 0.497 e. The molecule has 0 aliphatic rings. The lowest BCUT2D eigenvalue weighted by Gasteiger charge is -2.13. The third kappa shape index (κ3) is 5.90. The Morgan fingerprint density at radius 3 is 2.43 bits per heavy atom. The van der Waals surface area contributed by atoms with E-state index in [1.165, 1.54) is 26.2 Å². The zero-order valence-corrected chi connectivity index (χ0v) is 15.3. The summed E-state index contributed by atoms with van der Waals surface area (Å²) in [6, 6.07) is 9.45. The van der Waals surface area contributed by atoms with Crippen LogP contribution in [0.4, 0.5) is 23.7 Å². The minimum atomic E-state index is -4.50. The molecule has 0 saturated heterocycles. The monoisotopic (exact) mass is 395 g/mol. The first kappa shape index (κ1) is 21.1. The summed E-state index contributed by atoms with van der Waals surface area (Å²) in [5.41, 5.74) is -0.312. The molecule has 3 amide bonds. The number of urea groups is 1. The van der Waals surface area contributed by atoms with E-state index in [0.717, 1.165) is 6.07 Å². The van der Waals surface area contributed by atoms with Crippen LogP contribution in [-0.4, -0.2) is 32.1 Å². The number of aryl methyl sites for hydroxylation is 1. The number of anilines is 1. The van der Waals surface area contributed by atoms with E-state index < -0.39 is 17.8 Å². The molecule has 0 heterocycles. The average molecular weight is 395 g/mol. The van der Waals surface area contributed by atoms with Crippen LogP contribution in [0.5, 0.6) is 5.75 Å². The maximum atomic E-state index is 12.9. The number of halogens is 3. The molecule has 0 aliphatic heterocycles. The Morgan fingerprint density at radius 2 is 1.75 bits per heavy atom. The second kappa shape index (κ2) is 9.12. The minimum absolute atomic E-state index is 0.0239. The van der Waals surface area contributed by atoms with Gasteiger partial charge in [-0.2, -0.15) is 13.2 Å². The van der Waals surface area contributed by atoms with E-state index >= 15 is 0 Å². The second-order valence-electron chi connectivity index (χ2n) is 5.90. The molecule has 0 aromatic heterocycles. The van der Waals surface area contributed by atoms with Crippen LogP contribution in [0.1, 0.15) is 21.5 Å². The number of carbonyl (C=O) groups excluding carboxylic acids is 2. The Kier molecular flexibility index (Phi) is 6.86. The summed E-state index contributed by atoms with van der Waals surface area (Å²) in [5, 5.41) is 7.42. The van der Waals surface area contributed by atoms with E-state index in [2.05, 4.69) is 16.0 Å². The predicted octanol–water partition coefficient (Wildman–Crippen LogP) is 3.57. The van der Waals surface area contributed by atoms with Gasteiger partial charge >= 0.3 is 12.2 Å². The van der Waals surface area contributed by atoms with Gasteiger partial charge in [0, 0.05) is 24.3 Å². The molecule has 2 aromatic carbocycles. The molecule has 0 saturated carbocycles. The fourth-order valence-corrected chi connectivity index (χ4v) is 2.40. The normalized spacial score (nSPS) is 10.9. The number of alkyl halides is 3. The molecule has 3 N–H and O–H groups in total. The third-order valence-corrected chi connectivity index (χ3v) is 3.83. The summed E-state index contributed by atoms with van der Waals surface area (Å²) in [6.45, 7) is 1.59. The molecule has 0 spiro atoms. The number of hydrogen-bond acceptors (Lipinski definition) is 3. The van der Waals surface area contributed by atoms with Gasteiger partial charge in [-0.05, 0) is 42.8 Å². The Bertz CT molecular complexity index is 854. The van der Waals surface area contributed by atoms with Gasteiger partial charge in [-0.25, -0.2) is 4.79 Å². The number of amides is 3. The number of benzene rings is 2. The van der Waals surface area contributed by atoms with Crippen LogP contribution >= 0.6 is 0 Å². The van der Waals surface area contributed by atoms with Gasteiger partial charge in [-0.15, -0.1) is 0 Å². The standard InChI is InChI=1S/C19H20F3N3O3/c1-12-6-7-14(11-16(12)19(20,21)22)25-18(27)24-9-8-23-17(26)13-4-3-5-15(10-13)28-2/h3-7,10-11H,8-9H2,1-2H3,(H,23,26)(H2,24,25,27). The van der Waals surface area contributed by atoms with E-state index in [0.29, 0.717) is 11.3 Å². The SMILES string of the molecule is COc1cccc(C(=O)NCCNC(=O)Nc2ccc(C)c(C(F)(F)F)c2)c1. The first-order valence-electron chi connectivity index (χ1n) is 8.35. The van der Waals surface area contributed by atoms with Gasteiger partial charge in [0.25, 0.3) is 5.91 Å². The summed E-state index contributed by atoms with van der Waals surface area (Å²) in [6.07, 6.45) is -4.50. The number of nitrogens with one attached hydrogen (secondary N) is 3. The Balaban J connectivity index is 1.81. The van der Waals surface area contributed by atoms with Crippen LogP contribution in [-0.2, 0) is 6.18 Å². The molecule has 0 bridgehead atoms.